The number of anilines is 1. The van der Waals surface area contributed by atoms with E-state index in [0.717, 1.165) is 29.8 Å². The van der Waals surface area contributed by atoms with Crippen LogP contribution in [0.1, 0.15) is 25.8 Å². The Hall–Kier alpha value is -1.23. The van der Waals surface area contributed by atoms with Gasteiger partial charge in [0.2, 0.25) is 10.0 Å². The third-order valence-corrected chi connectivity index (χ3v) is 5.45. The van der Waals surface area contributed by atoms with Gasteiger partial charge in [-0.15, -0.1) is 0 Å². The summed E-state index contributed by atoms with van der Waals surface area (Å²) in [6.07, 6.45) is 1.75. The lowest BCUT2D eigenvalue weighted by Crippen LogP contribution is -2.39. The van der Waals surface area contributed by atoms with E-state index in [9.17, 15) is 8.42 Å². The fraction of sp³-hybridized carbons (Fsp3) is 0.538. The van der Waals surface area contributed by atoms with Gasteiger partial charge in [0, 0.05) is 6.54 Å². The molecular weight excluding hydrogens is 250 g/mol. The maximum Gasteiger partial charge on any atom is 0.237 e. The van der Waals surface area contributed by atoms with E-state index in [1.807, 2.05) is 18.2 Å². The standard InChI is InChI=1S/C13H19NO3S/c1-10(2)18(15,16)14-8-4-5-11-9-12(17-3)6-7-13(11)14/h6-7,9-10H,4-5,8H2,1-3H3. The van der Waals surface area contributed by atoms with E-state index in [4.69, 9.17) is 4.74 Å². The molecule has 1 aromatic carbocycles. The number of aryl methyl sites for hydroxylation is 1. The second-order valence-corrected chi connectivity index (χ2v) is 7.18. The van der Waals surface area contributed by atoms with Crippen LogP contribution in [-0.2, 0) is 16.4 Å². The van der Waals surface area contributed by atoms with Crippen LogP contribution in [0.4, 0.5) is 5.69 Å². The van der Waals surface area contributed by atoms with Crippen molar-refractivity contribution in [2.45, 2.75) is 31.9 Å². The van der Waals surface area contributed by atoms with Crippen molar-refractivity contribution in [2.24, 2.45) is 0 Å². The minimum Gasteiger partial charge on any atom is -0.497 e. The SMILES string of the molecule is COc1ccc2c(c1)CCCN2S(=O)(=O)C(C)C. The first-order valence-electron chi connectivity index (χ1n) is 6.15. The Morgan fingerprint density at radius 1 is 1.33 bits per heavy atom. The molecule has 0 fully saturated rings. The molecule has 2 rings (SSSR count). The zero-order valence-corrected chi connectivity index (χ0v) is 11.8. The number of fused-ring (bicyclic) bond motifs is 1. The summed E-state index contributed by atoms with van der Waals surface area (Å²) < 4.78 is 31.3. The van der Waals surface area contributed by atoms with Gasteiger partial charge >= 0.3 is 0 Å². The summed E-state index contributed by atoms with van der Waals surface area (Å²) in [4.78, 5) is 0. The molecule has 4 nitrogen and oxygen atoms in total. The van der Waals surface area contributed by atoms with Crippen LogP contribution in [0.5, 0.6) is 5.75 Å². The molecule has 1 aromatic rings. The van der Waals surface area contributed by atoms with Crippen LogP contribution in [0.25, 0.3) is 0 Å². The topological polar surface area (TPSA) is 46.6 Å². The first-order chi connectivity index (χ1) is 8.46. The van der Waals surface area contributed by atoms with Crippen LogP contribution in [-0.4, -0.2) is 27.3 Å². The molecule has 0 aliphatic carbocycles. The molecule has 0 amide bonds. The molecule has 0 spiro atoms. The van der Waals surface area contributed by atoms with Crippen LogP contribution >= 0.6 is 0 Å². The molecule has 5 heteroatoms. The highest BCUT2D eigenvalue weighted by Gasteiger charge is 2.29. The summed E-state index contributed by atoms with van der Waals surface area (Å²) in [6, 6.07) is 5.58. The average molecular weight is 269 g/mol. The highest BCUT2D eigenvalue weighted by Crippen LogP contribution is 2.33. The zero-order valence-electron chi connectivity index (χ0n) is 11.0. The lowest BCUT2D eigenvalue weighted by Gasteiger charge is -2.32. The lowest BCUT2D eigenvalue weighted by molar-refractivity contribution is 0.414. The number of ether oxygens (including phenoxy) is 1. The van der Waals surface area contributed by atoms with E-state index in [-0.39, 0.29) is 0 Å². The predicted molar refractivity (Wildman–Crippen MR) is 72.7 cm³/mol. The second kappa shape index (κ2) is 4.80. The molecule has 0 radical (unpaired) electrons. The van der Waals surface area contributed by atoms with Gasteiger partial charge in [0.15, 0.2) is 0 Å². The van der Waals surface area contributed by atoms with E-state index in [2.05, 4.69) is 0 Å². The Morgan fingerprint density at radius 2 is 2.06 bits per heavy atom. The molecule has 0 bridgehead atoms. The van der Waals surface area contributed by atoms with Crippen molar-refractivity contribution in [2.75, 3.05) is 18.0 Å². The third-order valence-electron chi connectivity index (χ3n) is 3.27. The van der Waals surface area contributed by atoms with E-state index in [1.54, 1.807) is 21.0 Å². The quantitative estimate of drug-likeness (QED) is 0.845. The number of rotatable bonds is 3. The molecule has 1 aliphatic rings. The van der Waals surface area contributed by atoms with Gasteiger partial charge in [0.1, 0.15) is 5.75 Å². The Balaban J connectivity index is 2.46. The summed E-state index contributed by atoms with van der Waals surface area (Å²) in [5.41, 5.74) is 1.85. The molecule has 0 N–H and O–H groups in total. The Labute approximate surface area is 109 Å². The smallest absolute Gasteiger partial charge is 0.237 e. The van der Waals surface area contributed by atoms with Crippen molar-refractivity contribution >= 4 is 15.7 Å². The molecule has 0 saturated heterocycles. The lowest BCUT2D eigenvalue weighted by atomic mass is 10.0. The first kappa shape index (κ1) is 13.2. The summed E-state index contributed by atoms with van der Waals surface area (Å²) in [5, 5.41) is -0.398. The van der Waals surface area contributed by atoms with Crippen LogP contribution < -0.4 is 9.04 Å². The molecule has 100 valence electrons. The van der Waals surface area contributed by atoms with Gasteiger partial charge in [-0.25, -0.2) is 8.42 Å². The van der Waals surface area contributed by atoms with E-state index >= 15 is 0 Å². The Morgan fingerprint density at radius 3 is 2.67 bits per heavy atom. The number of hydrogen-bond acceptors (Lipinski definition) is 3. The van der Waals surface area contributed by atoms with E-state index < -0.39 is 15.3 Å². The predicted octanol–water partition coefficient (Wildman–Crippen LogP) is 2.19. The molecular formula is C13H19NO3S. The van der Waals surface area contributed by atoms with Gasteiger partial charge in [0.25, 0.3) is 0 Å². The molecule has 0 aromatic heterocycles. The number of hydrogen-bond donors (Lipinski definition) is 0. The highest BCUT2D eigenvalue weighted by atomic mass is 32.2. The van der Waals surface area contributed by atoms with Gasteiger partial charge in [-0.05, 0) is 50.5 Å². The largest absolute Gasteiger partial charge is 0.497 e. The van der Waals surface area contributed by atoms with Crippen LogP contribution in [0.2, 0.25) is 0 Å². The maximum atomic E-state index is 12.3. The summed E-state index contributed by atoms with van der Waals surface area (Å²) in [6.45, 7) is 4.00. The van der Waals surface area contributed by atoms with Gasteiger partial charge in [-0.1, -0.05) is 0 Å². The van der Waals surface area contributed by atoms with Crippen molar-refractivity contribution in [3.8, 4) is 5.75 Å². The molecule has 1 heterocycles. The summed E-state index contributed by atoms with van der Waals surface area (Å²) >= 11 is 0. The van der Waals surface area contributed by atoms with Crippen molar-refractivity contribution in [3.63, 3.8) is 0 Å². The minimum atomic E-state index is -3.24. The van der Waals surface area contributed by atoms with E-state index in [1.165, 1.54) is 4.31 Å². The molecule has 0 unspecified atom stereocenters. The number of nitrogens with zero attached hydrogens (tertiary/aromatic N) is 1. The molecule has 0 atom stereocenters. The fourth-order valence-corrected chi connectivity index (χ4v) is 3.53. The third kappa shape index (κ3) is 2.19. The monoisotopic (exact) mass is 269 g/mol. The number of methoxy groups -OCH3 is 1. The Bertz CT molecular complexity index is 537. The molecule has 0 saturated carbocycles. The highest BCUT2D eigenvalue weighted by molar-refractivity contribution is 7.93. The number of sulfonamides is 1. The maximum absolute atomic E-state index is 12.3. The van der Waals surface area contributed by atoms with Crippen molar-refractivity contribution < 1.29 is 13.2 Å². The molecule has 1 aliphatic heterocycles. The van der Waals surface area contributed by atoms with Gasteiger partial charge in [0.05, 0.1) is 18.0 Å². The van der Waals surface area contributed by atoms with Gasteiger partial charge in [-0.2, -0.15) is 0 Å². The zero-order chi connectivity index (χ0) is 13.3. The van der Waals surface area contributed by atoms with E-state index in [0.29, 0.717) is 6.54 Å². The van der Waals surface area contributed by atoms with Crippen molar-refractivity contribution in [3.05, 3.63) is 23.8 Å². The summed E-state index contributed by atoms with van der Waals surface area (Å²) in [7, 11) is -1.62. The van der Waals surface area contributed by atoms with Gasteiger partial charge in [-0.3, -0.25) is 4.31 Å². The average Bonchev–Trinajstić information content (AvgIpc) is 2.37. The van der Waals surface area contributed by atoms with Crippen LogP contribution in [0.3, 0.4) is 0 Å². The molecule has 18 heavy (non-hydrogen) atoms. The minimum absolute atomic E-state index is 0.398. The van der Waals surface area contributed by atoms with Gasteiger partial charge < -0.3 is 4.74 Å². The Kier molecular flexibility index (Phi) is 3.52. The van der Waals surface area contributed by atoms with Crippen LogP contribution in [0.15, 0.2) is 18.2 Å². The second-order valence-electron chi connectivity index (χ2n) is 4.76. The first-order valence-corrected chi connectivity index (χ1v) is 7.65. The summed E-state index contributed by atoms with van der Waals surface area (Å²) in [5.74, 6) is 0.776. The van der Waals surface area contributed by atoms with Crippen molar-refractivity contribution in [1.29, 1.82) is 0 Å². The fourth-order valence-electron chi connectivity index (χ4n) is 2.18. The number of benzene rings is 1. The normalized spacial score (nSPS) is 15.7. The van der Waals surface area contributed by atoms with Crippen LogP contribution in [0, 0.1) is 0 Å². The van der Waals surface area contributed by atoms with Crippen molar-refractivity contribution in [1.82, 2.24) is 0 Å².